The number of benzene rings is 1. The predicted molar refractivity (Wildman–Crippen MR) is 178 cm³/mol. The van der Waals surface area contributed by atoms with Gasteiger partial charge >= 0.3 is 0 Å². The van der Waals surface area contributed by atoms with Crippen molar-refractivity contribution in [1.29, 1.82) is 5.26 Å². The summed E-state index contributed by atoms with van der Waals surface area (Å²) in [5, 5.41) is 29.1. The van der Waals surface area contributed by atoms with Crippen LogP contribution in [0.25, 0.3) is 11.1 Å². The second kappa shape index (κ2) is 14.9. The standard InChI is InChI=1S/C34H43N11O4/c1-22-14-43(15-23(2)48-22)29-6-8-30(9-7-29)45-17-31(33(40-45)47-20-25-18-46-19-25)39-34-36-12-28(13-37-34)26-4-5-27(11-35)32(10-26)49-24(3)16-44-21-38-41-42-44/h4-5,10,12-13,17,21-25,29-30H,6-9,14-16,18-20H2,1-3H3,(H,36,37,39)/t22-,23+,24-,29-,30-/m0/s1. The highest BCUT2D eigenvalue weighted by molar-refractivity contribution is 5.67. The van der Waals surface area contributed by atoms with Crippen molar-refractivity contribution in [2.24, 2.45) is 5.92 Å². The third-order valence-electron chi connectivity index (χ3n) is 9.36. The zero-order valence-corrected chi connectivity index (χ0v) is 28.2. The molecule has 2 saturated heterocycles. The topological polar surface area (TPSA) is 163 Å². The van der Waals surface area contributed by atoms with Crippen molar-refractivity contribution >= 4 is 11.6 Å². The smallest absolute Gasteiger partial charge is 0.256 e. The van der Waals surface area contributed by atoms with Crippen LogP contribution in [0.4, 0.5) is 11.6 Å². The van der Waals surface area contributed by atoms with E-state index < -0.39 is 0 Å². The minimum Gasteiger partial charge on any atom is -0.487 e. The Bertz CT molecular complexity index is 1700. The highest BCUT2D eigenvalue weighted by atomic mass is 16.5. The van der Waals surface area contributed by atoms with E-state index in [4.69, 9.17) is 24.0 Å². The Kier molecular flexibility index (Phi) is 9.97. The lowest BCUT2D eigenvalue weighted by Crippen LogP contribution is -2.51. The Labute approximate surface area is 285 Å². The van der Waals surface area contributed by atoms with Gasteiger partial charge in [0.15, 0.2) is 0 Å². The number of rotatable bonds is 12. The molecule has 1 aromatic carbocycles. The summed E-state index contributed by atoms with van der Waals surface area (Å²) in [6, 6.07) is 8.51. The highest BCUT2D eigenvalue weighted by Gasteiger charge is 2.32. The van der Waals surface area contributed by atoms with Crippen molar-refractivity contribution in [1.82, 2.24) is 44.9 Å². The van der Waals surface area contributed by atoms with Crippen LogP contribution in [0.1, 0.15) is 58.1 Å². The van der Waals surface area contributed by atoms with E-state index in [1.54, 1.807) is 23.1 Å². The van der Waals surface area contributed by atoms with Crippen molar-refractivity contribution < 1.29 is 18.9 Å². The van der Waals surface area contributed by atoms with Crippen LogP contribution in [-0.2, 0) is 16.0 Å². The first-order chi connectivity index (χ1) is 23.9. The van der Waals surface area contributed by atoms with Crippen LogP contribution in [0.3, 0.4) is 0 Å². The molecule has 2 aliphatic heterocycles. The van der Waals surface area contributed by atoms with Gasteiger partial charge < -0.3 is 24.3 Å². The van der Waals surface area contributed by atoms with Crippen LogP contribution in [0.2, 0.25) is 0 Å². The first-order valence-corrected chi connectivity index (χ1v) is 17.1. The molecule has 0 amide bonds. The Hall–Kier alpha value is -4.65. The van der Waals surface area contributed by atoms with Crippen molar-refractivity contribution in [3.8, 4) is 28.8 Å². The molecule has 3 fully saturated rings. The van der Waals surface area contributed by atoms with Gasteiger partial charge in [0.25, 0.3) is 5.88 Å². The molecule has 3 aliphatic rings. The number of morpholine rings is 1. The summed E-state index contributed by atoms with van der Waals surface area (Å²) in [5.41, 5.74) is 2.78. The van der Waals surface area contributed by atoms with Gasteiger partial charge in [-0.2, -0.15) is 5.26 Å². The number of hydrogen-bond acceptors (Lipinski definition) is 13. The monoisotopic (exact) mass is 669 g/mol. The van der Waals surface area contributed by atoms with Crippen LogP contribution < -0.4 is 14.8 Å². The van der Waals surface area contributed by atoms with E-state index in [1.807, 2.05) is 25.3 Å². The molecule has 258 valence electrons. The molecule has 15 nitrogen and oxygen atoms in total. The molecule has 1 N–H and O–H groups in total. The lowest BCUT2D eigenvalue weighted by molar-refractivity contribution is -0.0852. The van der Waals surface area contributed by atoms with Gasteiger partial charge in [-0.05, 0) is 74.6 Å². The van der Waals surface area contributed by atoms with Gasteiger partial charge in [0.1, 0.15) is 29.9 Å². The number of nitriles is 1. The van der Waals surface area contributed by atoms with E-state index in [9.17, 15) is 5.26 Å². The van der Waals surface area contributed by atoms with Crippen molar-refractivity contribution in [2.75, 3.05) is 38.2 Å². The molecule has 3 aromatic heterocycles. The van der Waals surface area contributed by atoms with Crippen LogP contribution >= 0.6 is 0 Å². The van der Waals surface area contributed by atoms with Gasteiger partial charge in [0, 0.05) is 43.0 Å². The molecule has 49 heavy (non-hydrogen) atoms. The zero-order valence-electron chi connectivity index (χ0n) is 28.2. The molecular formula is C34H43N11O4. The maximum absolute atomic E-state index is 9.67. The summed E-state index contributed by atoms with van der Waals surface area (Å²) in [6.07, 6.45) is 11.7. The van der Waals surface area contributed by atoms with E-state index in [-0.39, 0.29) is 18.3 Å². The highest BCUT2D eigenvalue weighted by Crippen LogP contribution is 2.36. The molecule has 4 aromatic rings. The number of nitrogens with one attached hydrogen (secondary N) is 1. The Morgan fingerprint density at radius 3 is 2.47 bits per heavy atom. The van der Waals surface area contributed by atoms with E-state index in [0.29, 0.717) is 67.5 Å². The van der Waals surface area contributed by atoms with Crippen LogP contribution in [0.5, 0.6) is 11.6 Å². The molecule has 5 heterocycles. The summed E-state index contributed by atoms with van der Waals surface area (Å²) in [7, 11) is 0. The quantitative estimate of drug-likeness (QED) is 0.230. The average molecular weight is 670 g/mol. The molecule has 0 bridgehead atoms. The van der Waals surface area contributed by atoms with Crippen LogP contribution in [0, 0.1) is 17.2 Å². The third-order valence-corrected chi connectivity index (χ3v) is 9.36. The maximum atomic E-state index is 9.67. The van der Waals surface area contributed by atoms with Crippen molar-refractivity contribution in [3.05, 3.63) is 48.7 Å². The molecule has 1 saturated carbocycles. The van der Waals surface area contributed by atoms with E-state index in [0.717, 1.165) is 55.6 Å². The molecule has 7 rings (SSSR count). The summed E-state index contributed by atoms with van der Waals surface area (Å²) >= 11 is 0. The van der Waals surface area contributed by atoms with Gasteiger partial charge in [-0.15, -0.1) is 10.2 Å². The lowest BCUT2D eigenvalue weighted by atomic mass is 9.89. The fraction of sp³-hybridized carbons (Fsp3) is 0.559. The van der Waals surface area contributed by atoms with E-state index >= 15 is 0 Å². The lowest BCUT2D eigenvalue weighted by Gasteiger charge is -2.42. The molecule has 0 radical (unpaired) electrons. The molecule has 15 heteroatoms. The summed E-state index contributed by atoms with van der Waals surface area (Å²) in [5.74, 6) is 1.81. The van der Waals surface area contributed by atoms with Crippen molar-refractivity contribution in [2.45, 2.75) is 83.4 Å². The summed E-state index contributed by atoms with van der Waals surface area (Å²) in [6.45, 7) is 10.6. The van der Waals surface area contributed by atoms with Gasteiger partial charge in [0.05, 0.1) is 56.4 Å². The SMILES string of the molecule is C[C@@H]1CN([C@H]2CC[C@H](n3cc(Nc4ncc(-c5ccc(C#N)c(O[C@@H](C)Cn6cnnn6)c5)cn4)c(OCC4COC4)n3)CC2)C[C@H](C)O1. The first-order valence-electron chi connectivity index (χ1n) is 17.1. The van der Waals surface area contributed by atoms with Gasteiger partial charge in [0.2, 0.25) is 5.95 Å². The second-order valence-corrected chi connectivity index (χ2v) is 13.4. The normalized spacial score (nSPS) is 23.7. The number of ether oxygens (including phenoxy) is 4. The van der Waals surface area contributed by atoms with E-state index in [1.165, 1.54) is 6.33 Å². The first kappa shape index (κ1) is 32.9. The fourth-order valence-corrected chi connectivity index (χ4v) is 6.87. The molecule has 0 spiro atoms. The maximum Gasteiger partial charge on any atom is 0.256 e. The molecule has 3 atom stereocenters. The number of nitrogens with zero attached hydrogens (tertiary/aromatic N) is 10. The average Bonchev–Trinajstić information content (AvgIpc) is 3.74. The number of anilines is 2. The minimum absolute atomic E-state index is 0.268. The van der Waals surface area contributed by atoms with Crippen LogP contribution in [0.15, 0.2) is 43.1 Å². The molecule has 0 unspecified atom stereocenters. The number of aromatic nitrogens is 8. The van der Waals surface area contributed by atoms with Gasteiger partial charge in [-0.3, -0.25) is 9.58 Å². The van der Waals surface area contributed by atoms with Crippen LogP contribution in [-0.4, -0.2) is 102 Å². The molecular weight excluding hydrogens is 626 g/mol. The Morgan fingerprint density at radius 1 is 1.04 bits per heavy atom. The van der Waals surface area contributed by atoms with Crippen molar-refractivity contribution in [3.63, 3.8) is 0 Å². The number of hydrogen-bond donors (Lipinski definition) is 1. The van der Waals surface area contributed by atoms with Gasteiger partial charge in [-0.25, -0.2) is 14.6 Å². The molecule has 1 aliphatic carbocycles. The summed E-state index contributed by atoms with van der Waals surface area (Å²) in [4.78, 5) is 11.8. The predicted octanol–water partition coefficient (Wildman–Crippen LogP) is 4.03. The number of tetrazole rings is 1. The largest absolute Gasteiger partial charge is 0.487 e. The Balaban J connectivity index is 1.03. The summed E-state index contributed by atoms with van der Waals surface area (Å²) < 4.78 is 27.3. The zero-order chi connectivity index (χ0) is 33.7. The van der Waals surface area contributed by atoms with E-state index in [2.05, 4.69) is 60.3 Å². The minimum atomic E-state index is -0.268. The second-order valence-electron chi connectivity index (χ2n) is 13.4. The third kappa shape index (κ3) is 7.98. The van der Waals surface area contributed by atoms with Gasteiger partial charge in [-0.1, -0.05) is 6.07 Å². The Morgan fingerprint density at radius 2 is 1.80 bits per heavy atom. The fourth-order valence-electron chi connectivity index (χ4n) is 6.87.